The van der Waals surface area contributed by atoms with Gasteiger partial charge in [0.25, 0.3) is 0 Å². The summed E-state index contributed by atoms with van der Waals surface area (Å²) >= 11 is 0. The summed E-state index contributed by atoms with van der Waals surface area (Å²) in [5, 5.41) is 18.8. The van der Waals surface area contributed by atoms with Crippen molar-refractivity contribution in [3.05, 3.63) is 0 Å². The van der Waals surface area contributed by atoms with Crippen LogP contribution < -0.4 is 34.6 Å². The number of hydrogen-bond donors (Lipinski definition) is 1. The van der Waals surface area contributed by atoms with Crippen LogP contribution in [0, 0.1) is 0 Å². The van der Waals surface area contributed by atoms with Crippen molar-refractivity contribution in [1.82, 2.24) is 0 Å². The van der Waals surface area contributed by atoms with Crippen molar-refractivity contribution >= 4 is 7.12 Å². The molecule has 0 aromatic carbocycles. The van der Waals surface area contributed by atoms with Gasteiger partial charge in [-0.05, 0) is 0 Å². The van der Waals surface area contributed by atoms with Gasteiger partial charge in [0.05, 0.1) is 0 Å². The van der Waals surface area contributed by atoms with E-state index in [2.05, 4.69) is 6.92 Å². The molecule has 90 valence electrons. The number of unbranched alkanes of at least 4 members (excludes halogenated alkanes) is 9. The van der Waals surface area contributed by atoms with E-state index in [9.17, 15) is 5.02 Å². The monoisotopic (exact) mass is 236 g/mol. The fourth-order valence-corrected chi connectivity index (χ4v) is 1.81. The molecule has 0 atom stereocenters. The summed E-state index contributed by atoms with van der Waals surface area (Å²) in [5.74, 6) is 0. The van der Waals surface area contributed by atoms with Crippen molar-refractivity contribution < 1.29 is 39.6 Å². The van der Waals surface area contributed by atoms with Gasteiger partial charge in [-0.25, -0.2) is 0 Å². The summed E-state index contributed by atoms with van der Waals surface area (Å²) in [6.45, 7) is 2.24. The minimum absolute atomic E-state index is 0. The SMILES string of the molecule is CCCCCCCCCCCCB([O-])O.[Na+]. The molecule has 0 spiro atoms. The van der Waals surface area contributed by atoms with E-state index in [-0.39, 0.29) is 29.6 Å². The van der Waals surface area contributed by atoms with Crippen LogP contribution in [0.5, 0.6) is 0 Å². The topological polar surface area (TPSA) is 43.3 Å². The Balaban J connectivity index is 0. The van der Waals surface area contributed by atoms with Crippen LogP contribution in [0.25, 0.3) is 0 Å². The second-order valence-electron chi connectivity index (χ2n) is 4.43. The summed E-state index contributed by atoms with van der Waals surface area (Å²) in [6.07, 6.45) is 13.1. The summed E-state index contributed by atoms with van der Waals surface area (Å²) in [6, 6.07) is 0. The molecule has 0 aromatic heterocycles. The molecular formula is C12H26BNaO2. The molecule has 0 amide bonds. The Labute approximate surface area is 124 Å². The third kappa shape index (κ3) is 17.4. The van der Waals surface area contributed by atoms with Gasteiger partial charge in [0.1, 0.15) is 0 Å². The Morgan fingerprint density at radius 1 is 0.812 bits per heavy atom. The molecule has 0 aliphatic carbocycles. The van der Waals surface area contributed by atoms with Gasteiger partial charge in [-0.2, -0.15) is 0 Å². The van der Waals surface area contributed by atoms with Gasteiger partial charge in [0, 0.05) is 0 Å². The molecule has 0 aliphatic rings. The second kappa shape index (κ2) is 16.0. The van der Waals surface area contributed by atoms with Crippen LogP contribution in [0.2, 0.25) is 6.32 Å². The first kappa shape index (κ1) is 19.3. The normalized spacial score (nSPS) is 9.94. The van der Waals surface area contributed by atoms with Crippen LogP contribution in [0.3, 0.4) is 0 Å². The Kier molecular flexibility index (Phi) is 19.3. The predicted molar refractivity (Wildman–Crippen MR) is 64.6 cm³/mol. The molecule has 0 unspecified atom stereocenters. The third-order valence-electron chi connectivity index (χ3n) is 2.80. The van der Waals surface area contributed by atoms with Crippen molar-refractivity contribution in [2.45, 2.75) is 77.5 Å². The summed E-state index contributed by atoms with van der Waals surface area (Å²) in [5.41, 5.74) is 0. The average molecular weight is 236 g/mol. The van der Waals surface area contributed by atoms with E-state index in [1.54, 1.807) is 0 Å². The Morgan fingerprint density at radius 2 is 1.19 bits per heavy atom. The predicted octanol–water partition coefficient (Wildman–Crippen LogP) is -0.248. The maximum absolute atomic E-state index is 10.3. The molecule has 1 N–H and O–H groups in total. The maximum atomic E-state index is 10.3. The van der Waals surface area contributed by atoms with Crippen LogP contribution in [0.15, 0.2) is 0 Å². The standard InChI is InChI=1S/C12H26BO2.Na/c1-2-3-4-5-6-7-8-9-10-11-12-13(14)15;/h14H,2-12H2,1H3;/q-1;+1. The second-order valence-corrected chi connectivity index (χ2v) is 4.43. The molecule has 4 heteroatoms. The molecule has 0 saturated carbocycles. The Hall–Kier alpha value is 0.985. The molecule has 0 bridgehead atoms. The zero-order valence-corrected chi connectivity index (χ0v) is 13.2. The zero-order chi connectivity index (χ0) is 11.4. The minimum atomic E-state index is -1.35. The maximum Gasteiger partial charge on any atom is 1.00 e. The molecule has 0 aliphatic heterocycles. The average Bonchev–Trinajstić information content (AvgIpc) is 2.20. The number of hydrogen-bond acceptors (Lipinski definition) is 2. The minimum Gasteiger partial charge on any atom is -0.857 e. The van der Waals surface area contributed by atoms with Gasteiger partial charge < -0.3 is 10.0 Å². The van der Waals surface area contributed by atoms with E-state index < -0.39 is 7.12 Å². The zero-order valence-electron chi connectivity index (χ0n) is 11.2. The van der Waals surface area contributed by atoms with E-state index >= 15 is 0 Å². The van der Waals surface area contributed by atoms with E-state index in [1.807, 2.05) is 0 Å². The first-order chi connectivity index (χ1) is 7.27. The smallest absolute Gasteiger partial charge is 0.857 e. The Morgan fingerprint density at radius 3 is 1.56 bits per heavy atom. The molecule has 0 heterocycles. The van der Waals surface area contributed by atoms with Gasteiger partial charge in [0.2, 0.25) is 0 Å². The molecule has 0 aromatic rings. The Bertz CT molecular complexity index is 124. The summed E-state index contributed by atoms with van der Waals surface area (Å²) < 4.78 is 0. The first-order valence-corrected chi connectivity index (χ1v) is 6.61. The van der Waals surface area contributed by atoms with Crippen LogP contribution in [0.4, 0.5) is 0 Å². The molecule has 0 fully saturated rings. The van der Waals surface area contributed by atoms with Crippen LogP contribution in [-0.2, 0) is 0 Å². The van der Waals surface area contributed by atoms with Crippen LogP contribution in [0.1, 0.15) is 71.1 Å². The van der Waals surface area contributed by atoms with Crippen molar-refractivity contribution in [2.24, 2.45) is 0 Å². The third-order valence-corrected chi connectivity index (χ3v) is 2.80. The summed E-state index contributed by atoms with van der Waals surface area (Å²) in [4.78, 5) is 0. The van der Waals surface area contributed by atoms with Crippen LogP contribution in [-0.4, -0.2) is 12.1 Å². The molecule has 0 radical (unpaired) electrons. The quantitative estimate of drug-likeness (QED) is 0.397. The van der Waals surface area contributed by atoms with E-state index in [0.717, 1.165) is 12.8 Å². The first-order valence-electron chi connectivity index (χ1n) is 6.61. The van der Waals surface area contributed by atoms with Gasteiger partial charge in [0.15, 0.2) is 7.12 Å². The fourth-order valence-electron chi connectivity index (χ4n) is 1.81. The van der Waals surface area contributed by atoms with Crippen molar-refractivity contribution in [2.75, 3.05) is 0 Å². The van der Waals surface area contributed by atoms with Gasteiger partial charge in [-0.1, -0.05) is 77.5 Å². The number of rotatable bonds is 11. The molecule has 0 rings (SSSR count). The summed E-state index contributed by atoms with van der Waals surface area (Å²) in [7, 11) is -1.35. The fraction of sp³-hybridized carbons (Fsp3) is 1.00. The van der Waals surface area contributed by atoms with Crippen molar-refractivity contribution in [3.8, 4) is 0 Å². The van der Waals surface area contributed by atoms with E-state index in [4.69, 9.17) is 5.02 Å². The van der Waals surface area contributed by atoms with Crippen LogP contribution >= 0.6 is 0 Å². The van der Waals surface area contributed by atoms with Gasteiger partial charge in [-0.3, -0.25) is 0 Å². The largest absolute Gasteiger partial charge is 1.00 e. The van der Waals surface area contributed by atoms with E-state index in [0.29, 0.717) is 6.32 Å². The van der Waals surface area contributed by atoms with Gasteiger partial charge in [-0.15, -0.1) is 0 Å². The molecule has 16 heavy (non-hydrogen) atoms. The van der Waals surface area contributed by atoms with Gasteiger partial charge >= 0.3 is 29.6 Å². The van der Waals surface area contributed by atoms with Crippen molar-refractivity contribution in [1.29, 1.82) is 0 Å². The molecular weight excluding hydrogens is 210 g/mol. The van der Waals surface area contributed by atoms with Crippen molar-refractivity contribution in [3.63, 3.8) is 0 Å². The van der Waals surface area contributed by atoms with E-state index in [1.165, 1.54) is 51.4 Å². The molecule has 2 nitrogen and oxygen atoms in total. The molecule has 0 saturated heterocycles.